The topological polar surface area (TPSA) is 33.7 Å². The van der Waals surface area contributed by atoms with Crippen molar-refractivity contribution >= 4 is 0 Å². The first kappa shape index (κ1) is 14.9. The lowest BCUT2D eigenvalue weighted by atomic mass is 9.97. The zero-order valence-corrected chi connectivity index (χ0v) is 11.8. The highest BCUT2D eigenvalue weighted by molar-refractivity contribution is 4.88. The van der Waals surface area contributed by atoms with E-state index in [9.17, 15) is 0 Å². The number of hydrogen-bond donors (Lipinski definition) is 1. The molecule has 1 saturated heterocycles. The number of hydrogen-bond acceptors (Lipinski definition) is 4. The highest BCUT2D eigenvalue weighted by Gasteiger charge is 2.30. The molecule has 0 radical (unpaired) electrons. The average Bonchev–Trinajstić information content (AvgIpc) is 2.35. The molecule has 1 N–H and O–H groups in total. The second kappa shape index (κ2) is 7.31. The third kappa shape index (κ3) is 4.92. The lowest BCUT2D eigenvalue weighted by molar-refractivity contribution is -0.0325. The summed E-state index contributed by atoms with van der Waals surface area (Å²) in [6.45, 7) is 12.3. The van der Waals surface area contributed by atoms with Gasteiger partial charge in [-0.05, 0) is 26.8 Å². The van der Waals surface area contributed by atoms with E-state index in [2.05, 4.69) is 31.0 Å². The van der Waals surface area contributed by atoms with Crippen LogP contribution >= 0.6 is 0 Å². The summed E-state index contributed by atoms with van der Waals surface area (Å²) in [5.41, 5.74) is -0.131. The van der Waals surface area contributed by atoms with Crippen molar-refractivity contribution in [2.24, 2.45) is 0 Å². The molecule has 17 heavy (non-hydrogen) atoms. The van der Waals surface area contributed by atoms with Crippen molar-refractivity contribution in [1.29, 1.82) is 0 Å². The Bertz CT molecular complexity index is 204. The Labute approximate surface area is 106 Å². The molecule has 1 aliphatic rings. The number of nitrogens with one attached hydrogen (secondary N) is 1. The smallest absolute Gasteiger partial charge is 0.0787 e. The fourth-order valence-electron chi connectivity index (χ4n) is 2.03. The number of ether oxygens (including phenoxy) is 2. The zero-order chi connectivity index (χ0) is 12.7. The molecule has 0 spiro atoms. The molecule has 1 atom stereocenters. The zero-order valence-electron chi connectivity index (χ0n) is 11.8. The fourth-order valence-corrected chi connectivity index (χ4v) is 2.03. The molecule has 1 rings (SSSR count). The van der Waals surface area contributed by atoms with Crippen molar-refractivity contribution in [2.75, 3.05) is 46.5 Å². The van der Waals surface area contributed by atoms with Gasteiger partial charge in [0.05, 0.1) is 18.8 Å². The predicted octanol–water partition coefficient (Wildman–Crippen LogP) is 1.11. The van der Waals surface area contributed by atoms with Crippen LogP contribution in [0.4, 0.5) is 0 Å². The summed E-state index contributed by atoms with van der Waals surface area (Å²) >= 11 is 0. The van der Waals surface area contributed by atoms with E-state index in [1.54, 1.807) is 7.11 Å². The summed E-state index contributed by atoms with van der Waals surface area (Å²) < 4.78 is 11.0. The van der Waals surface area contributed by atoms with Crippen molar-refractivity contribution in [1.82, 2.24) is 10.2 Å². The monoisotopic (exact) mass is 244 g/mol. The van der Waals surface area contributed by atoms with E-state index < -0.39 is 0 Å². The first-order chi connectivity index (χ1) is 8.10. The standard InChI is InChI=1S/C13H28N2O2/c1-5-6-14-12(13(2,3)16-4)11-15-7-9-17-10-8-15/h12,14H,5-11H2,1-4H3. The van der Waals surface area contributed by atoms with Crippen LogP contribution in [0.3, 0.4) is 0 Å². The lowest BCUT2D eigenvalue weighted by Gasteiger charge is -2.38. The first-order valence-corrected chi connectivity index (χ1v) is 6.68. The van der Waals surface area contributed by atoms with Crippen LogP contribution in [-0.2, 0) is 9.47 Å². The molecule has 0 aliphatic carbocycles. The molecule has 102 valence electrons. The van der Waals surface area contributed by atoms with E-state index in [0.717, 1.165) is 45.8 Å². The van der Waals surface area contributed by atoms with Gasteiger partial charge in [-0.1, -0.05) is 6.92 Å². The van der Waals surface area contributed by atoms with E-state index in [1.807, 2.05) is 0 Å². The van der Waals surface area contributed by atoms with Gasteiger partial charge < -0.3 is 14.8 Å². The summed E-state index contributed by atoms with van der Waals surface area (Å²) in [4.78, 5) is 2.46. The maximum atomic E-state index is 5.62. The molecule has 0 amide bonds. The summed E-state index contributed by atoms with van der Waals surface area (Å²) in [6.07, 6.45) is 1.15. The maximum Gasteiger partial charge on any atom is 0.0787 e. The average molecular weight is 244 g/mol. The Kier molecular flexibility index (Phi) is 6.41. The van der Waals surface area contributed by atoms with E-state index in [0.29, 0.717) is 6.04 Å². The Hall–Kier alpha value is -0.160. The van der Waals surface area contributed by atoms with E-state index >= 15 is 0 Å². The van der Waals surface area contributed by atoms with Crippen LogP contribution in [0.2, 0.25) is 0 Å². The van der Waals surface area contributed by atoms with Crippen molar-refractivity contribution in [3.8, 4) is 0 Å². The summed E-state index contributed by atoms with van der Waals surface area (Å²) in [5, 5.41) is 3.60. The van der Waals surface area contributed by atoms with Gasteiger partial charge in [-0.15, -0.1) is 0 Å². The van der Waals surface area contributed by atoms with Gasteiger partial charge in [0.15, 0.2) is 0 Å². The third-order valence-electron chi connectivity index (χ3n) is 3.55. The Balaban J connectivity index is 2.49. The van der Waals surface area contributed by atoms with Gasteiger partial charge in [-0.2, -0.15) is 0 Å². The Morgan fingerprint density at radius 3 is 2.53 bits per heavy atom. The van der Waals surface area contributed by atoms with Gasteiger partial charge in [0.1, 0.15) is 0 Å². The van der Waals surface area contributed by atoms with Gasteiger partial charge in [-0.3, -0.25) is 4.90 Å². The molecule has 1 aliphatic heterocycles. The van der Waals surface area contributed by atoms with Gasteiger partial charge >= 0.3 is 0 Å². The van der Waals surface area contributed by atoms with E-state index in [1.165, 1.54) is 0 Å². The molecule has 1 unspecified atom stereocenters. The number of morpholine rings is 1. The molecule has 0 aromatic rings. The predicted molar refractivity (Wildman–Crippen MR) is 70.4 cm³/mol. The minimum atomic E-state index is -0.131. The van der Waals surface area contributed by atoms with Crippen LogP contribution in [0.1, 0.15) is 27.2 Å². The van der Waals surface area contributed by atoms with Crippen molar-refractivity contribution in [3.05, 3.63) is 0 Å². The van der Waals surface area contributed by atoms with Crippen molar-refractivity contribution in [2.45, 2.75) is 38.8 Å². The van der Waals surface area contributed by atoms with Crippen LogP contribution < -0.4 is 5.32 Å². The van der Waals surface area contributed by atoms with Crippen LogP contribution in [0.15, 0.2) is 0 Å². The largest absolute Gasteiger partial charge is 0.379 e. The minimum absolute atomic E-state index is 0.131. The molecule has 0 aromatic carbocycles. The summed E-state index contributed by atoms with van der Waals surface area (Å²) in [7, 11) is 1.79. The summed E-state index contributed by atoms with van der Waals surface area (Å²) in [6, 6.07) is 0.366. The van der Waals surface area contributed by atoms with Crippen molar-refractivity contribution in [3.63, 3.8) is 0 Å². The molecular weight excluding hydrogens is 216 g/mol. The number of rotatable bonds is 7. The third-order valence-corrected chi connectivity index (χ3v) is 3.55. The van der Waals surface area contributed by atoms with E-state index in [4.69, 9.17) is 9.47 Å². The highest BCUT2D eigenvalue weighted by Crippen LogP contribution is 2.15. The molecule has 1 fully saturated rings. The highest BCUT2D eigenvalue weighted by atomic mass is 16.5. The first-order valence-electron chi connectivity index (χ1n) is 6.68. The van der Waals surface area contributed by atoms with Crippen LogP contribution in [-0.4, -0.2) is 63.0 Å². The van der Waals surface area contributed by atoms with E-state index in [-0.39, 0.29) is 5.60 Å². The maximum absolute atomic E-state index is 5.62. The van der Waals surface area contributed by atoms with Crippen LogP contribution in [0.25, 0.3) is 0 Å². The molecule has 0 saturated carbocycles. The Morgan fingerprint density at radius 2 is 2.00 bits per heavy atom. The fraction of sp³-hybridized carbons (Fsp3) is 1.00. The molecule has 4 heteroatoms. The molecule has 1 heterocycles. The molecular formula is C13H28N2O2. The van der Waals surface area contributed by atoms with Gasteiger partial charge in [0, 0.05) is 32.8 Å². The number of methoxy groups -OCH3 is 1. The summed E-state index contributed by atoms with van der Waals surface area (Å²) in [5.74, 6) is 0. The normalized spacial score (nSPS) is 20.5. The second-order valence-electron chi connectivity index (χ2n) is 5.23. The van der Waals surface area contributed by atoms with Gasteiger partial charge in [-0.25, -0.2) is 0 Å². The van der Waals surface area contributed by atoms with Crippen molar-refractivity contribution < 1.29 is 9.47 Å². The lowest BCUT2D eigenvalue weighted by Crippen LogP contribution is -2.55. The van der Waals surface area contributed by atoms with Gasteiger partial charge in [0.2, 0.25) is 0 Å². The molecule has 0 bridgehead atoms. The second-order valence-corrected chi connectivity index (χ2v) is 5.23. The van der Waals surface area contributed by atoms with Crippen LogP contribution in [0.5, 0.6) is 0 Å². The number of nitrogens with zero attached hydrogens (tertiary/aromatic N) is 1. The SMILES string of the molecule is CCCNC(CN1CCOCC1)C(C)(C)OC. The Morgan fingerprint density at radius 1 is 1.35 bits per heavy atom. The van der Waals surface area contributed by atoms with Crippen LogP contribution in [0, 0.1) is 0 Å². The van der Waals surface area contributed by atoms with Gasteiger partial charge in [0.25, 0.3) is 0 Å². The molecule has 4 nitrogen and oxygen atoms in total. The minimum Gasteiger partial charge on any atom is -0.379 e. The molecule has 0 aromatic heterocycles. The quantitative estimate of drug-likeness (QED) is 0.727.